The van der Waals surface area contributed by atoms with Gasteiger partial charge in [-0.3, -0.25) is 16.0 Å². The zero-order valence-corrected chi connectivity index (χ0v) is 9.49. The van der Waals surface area contributed by atoms with Crippen molar-refractivity contribution in [2.75, 3.05) is 26.2 Å². The number of rotatable bonds is 1. The molecule has 0 amide bonds. The van der Waals surface area contributed by atoms with Crippen LogP contribution < -0.4 is 11.5 Å². The van der Waals surface area contributed by atoms with Gasteiger partial charge in [0, 0.05) is 6.04 Å². The largest absolute Gasteiger partial charge is 0.341 e. The summed E-state index contributed by atoms with van der Waals surface area (Å²) >= 11 is 0. The Hall–Kier alpha value is -0.770. The van der Waals surface area contributed by atoms with E-state index in [0.717, 1.165) is 19.1 Å². The van der Waals surface area contributed by atoms with Crippen molar-refractivity contribution >= 4 is 5.96 Å². The topological polar surface area (TPSA) is 58.3 Å². The Bertz CT molecular complexity index is 229. The lowest BCUT2D eigenvalue weighted by Crippen LogP contribution is -2.47. The fourth-order valence-corrected chi connectivity index (χ4v) is 2.77. The molecule has 4 heteroatoms. The molecule has 2 aliphatic heterocycles. The second-order valence-corrected chi connectivity index (χ2v) is 4.74. The summed E-state index contributed by atoms with van der Waals surface area (Å²) in [5.41, 5.74) is 11.2. The van der Waals surface area contributed by atoms with Crippen molar-refractivity contribution < 1.29 is 4.58 Å². The standard InChI is InChI=1S/C11H22N4/c12-11(13)15-8-4-10(5-9-15)14-6-2-1-3-7-14/h10H,1-9H2,(H3,12,13)/p+1. The second kappa shape index (κ2) is 4.84. The minimum atomic E-state index is 0.493. The van der Waals surface area contributed by atoms with Gasteiger partial charge in [-0.05, 0) is 38.8 Å². The smallest absolute Gasteiger partial charge is 0.300 e. The van der Waals surface area contributed by atoms with Crippen molar-refractivity contribution in [2.24, 2.45) is 11.5 Å². The SMILES string of the molecule is NC(N)=[N+]1CCC(N2CCCCC2)CC1. The Morgan fingerprint density at radius 1 is 1.00 bits per heavy atom. The van der Waals surface area contributed by atoms with E-state index >= 15 is 0 Å². The molecule has 2 aliphatic rings. The zero-order chi connectivity index (χ0) is 10.7. The molecule has 0 saturated carbocycles. The van der Waals surface area contributed by atoms with E-state index in [2.05, 4.69) is 9.48 Å². The quantitative estimate of drug-likeness (QED) is 0.471. The van der Waals surface area contributed by atoms with Crippen molar-refractivity contribution in [3.05, 3.63) is 0 Å². The summed E-state index contributed by atoms with van der Waals surface area (Å²) in [7, 11) is 0. The van der Waals surface area contributed by atoms with Crippen LogP contribution in [0, 0.1) is 0 Å². The highest BCUT2D eigenvalue weighted by molar-refractivity contribution is 5.70. The molecule has 2 heterocycles. The minimum absolute atomic E-state index is 0.493. The number of piperidine rings is 2. The average molecular weight is 211 g/mol. The van der Waals surface area contributed by atoms with Crippen molar-refractivity contribution in [2.45, 2.75) is 38.1 Å². The first-order valence-electron chi connectivity index (χ1n) is 6.14. The van der Waals surface area contributed by atoms with Gasteiger partial charge in [-0.25, -0.2) is 0 Å². The van der Waals surface area contributed by atoms with E-state index in [1.165, 1.54) is 45.2 Å². The van der Waals surface area contributed by atoms with Gasteiger partial charge >= 0.3 is 5.96 Å². The summed E-state index contributed by atoms with van der Waals surface area (Å²) in [5.74, 6) is 0.493. The number of nitrogens with two attached hydrogens (primary N) is 2. The zero-order valence-electron chi connectivity index (χ0n) is 9.49. The van der Waals surface area contributed by atoms with Crippen LogP contribution in [-0.2, 0) is 0 Å². The maximum atomic E-state index is 5.60. The molecule has 0 spiro atoms. The molecule has 4 N–H and O–H groups in total. The predicted molar refractivity (Wildman–Crippen MR) is 61.8 cm³/mol. The fourth-order valence-electron chi connectivity index (χ4n) is 2.77. The maximum absolute atomic E-state index is 5.60. The lowest BCUT2D eigenvalue weighted by atomic mass is 10.0. The Labute approximate surface area is 91.9 Å². The number of hydrogen-bond donors (Lipinski definition) is 2. The maximum Gasteiger partial charge on any atom is 0.341 e. The van der Waals surface area contributed by atoms with Gasteiger partial charge in [0.25, 0.3) is 0 Å². The summed E-state index contributed by atoms with van der Waals surface area (Å²) in [5, 5.41) is 0. The van der Waals surface area contributed by atoms with Crippen LogP contribution in [0.5, 0.6) is 0 Å². The molecule has 0 bridgehead atoms. The van der Waals surface area contributed by atoms with Gasteiger partial charge in [0.15, 0.2) is 0 Å². The molecule has 2 rings (SSSR count). The summed E-state index contributed by atoms with van der Waals surface area (Å²) in [6.45, 7) is 4.66. The Morgan fingerprint density at radius 3 is 2.13 bits per heavy atom. The van der Waals surface area contributed by atoms with Crippen molar-refractivity contribution in [1.82, 2.24) is 4.90 Å². The summed E-state index contributed by atoms with van der Waals surface area (Å²) in [6, 6.07) is 0.779. The highest BCUT2D eigenvalue weighted by Gasteiger charge is 2.25. The van der Waals surface area contributed by atoms with Gasteiger partial charge in [0.1, 0.15) is 0 Å². The van der Waals surface area contributed by atoms with Crippen molar-refractivity contribution in [1.29, 1.82) is 0 Å². The Balaban J connectivity index is 1.84. The van der Waals surface area contributed by atoms with Gasteiger partial charge < -0.3 is 4.90 Å². The number of likely N-dealkylation sites (tertiary alicyclic amines) is 1. The van der Waals surface area contributed by atoms with E-state index in [1.807, 2.05) is 0 Å². The normalized spacial score (nSPS) is 29.1. The Morgan fingerprint density at radius 2 is 1.60 bits per heavy atom. The van der Waals surface area contributed by atoms with Crippen molar-refractivity contribution in [3.63, 3.8) is 0 Å². The molecular formula is C11H23N4+. The molecular weight excluding hydrogens is 188 g/mol. The monoisotopic (exact) mass is 211 g/mol. The second-order valence-electron chi connectivity index (χ2n) is 4.74. The molecule has 0 aliphatic carbocycles. The van der Waals surface area contributed by atoms with Gasteiger partial charge in [-0.15, -0.1) is 0 Å². The van der Waals surface area contributed by atoms with Gasteiger partial charge in [0.05, 0.1) is 13.1 Å². The van der Waals surface area contributed by atoms with Crippen LogP contribution in [0.2, 0.25) is 0 Å². The summed E-state index contributed by atoms with van der Waals surface area (Å²) in [6.07, 6.45) is 6.62. The first kappa shape index (κ1) is 10.7. The molecule has 15 heavy (non-hydrogen) atoms. The third-order valence-electron chi connectivity index (χ3n) is 3.74. The van der Waals surface area contributed by atoms with E-state index in [9.17, 15) is 0 Å². The third kappa shape index (κ3) is 2.62. The molecule has 0 aromatic rings. The highest BCUT2D eigenvalue weighted by atomic mass is 15.2. The molecule has 4 nitrogen and oxygen atoms in total. The van der Waals surface area contributed by atoms with Crippen LogP contribution in [0.25, 0.3) is 0 Å². The molecule has 0 aromatic heterocycles. The third-order valence-corrected chi connectivity index (χ3v) is 3.74. The highest BCUT2D eigenvalue weighted by Crippen LogP contribution is 2.19. The molecule has 2 fully saturated rings. The van der Waals surface area contributed by atoms with Gasteiger partial charge in [-0.2, -0.15) is 0 Å². The molecule has 86 valence electrons. The lowest BCUT2D eigenvalue weighted by molar-refractivity contribution is -0.542. The van der Waals surface area contributed by atoms with E-state index in [0.29, 0.717) is 5.96 Å². The van der Waals surface area contributed by atoms with E-state index in [1.54, 1.807) is 0 Å². The van der Waals surface area contributed by atoms with Crippen LogP contribution in [0.1, 0.15) is 32.1 Å². The average Bonchev–Trinajstić information content (AvgIpc) is 2.30. The predicted octanol–water partition coefficient (Wildman–Crippen LogP) is -0.0794. The summed E-state index contributed by atoms with van der Waals surface area (Å²) < 4.78 is 2.10. The van der Waals surface area contributed by atoms with E-state index < -0.39 is 0 Å². The van der Waals surface area contributed by atoms with Crippen LogP contribution in [0.15, 0.2) is 0 Å². The Kier molecular flexibility index (Phi) is 3.46. The number of nitrogens with zero attached hydrogens (tertiary/aromatic N) is 2. The lowest BCUT2D eigenvalue weighted by Gasteiger charge is -2.37. The van der Waals surface area contributed by atoms with E-state index in [4.69, 9.17) is 11.5 Å². The fraction of sp³-hybridized carbons (Fsp3) is 0.909. The van der Waals surface area contributed by atoms with E-state index in [-0.39, 0.29) is 0 Å². The summed E-state index contributed by atoms with van der Waals surface area (Å²) in [4.78, 5) is 2.66. The van der Waals surface area contributed by atoms with Gasteiger partial charge in [-0.1, -0.05) is 6.42 Å². The van der Waals surface area contributed by atoms with Crippen LogP contribution in [-0.4, -0.2) is 47.7 Å². The number of guanidine groups is 1. The molecule has 2 saturated heterocycles. The van der Waals surface area contributed by atoms with Gasteiger partial charge in [0.2, 0.25) is 0 Å². The van der Waals surface area contributed by atoms with Crippen molar-refractivity contribution in [3.8, 4) is 0 Å². The number of hydrogen-bond acceptors (Lipinski definition) is 1. The first-order valence-corrected chi connectivity index (χ1v) is 6.14. The molecule has 0 aromatic carbocycles. The minimum Gasteiger partial charge on any atom is -0.300 e. The van der Waals surface area contributed by atoms with Crippen LogP contribution >= 0.6 is 0 Å². The molecule has 0 unspecified atom stereocenters. The van der Waals surface area contributed by atoms with Crippen LogP contribution in [0.3, 0.4) is 0 Å². The first-order chi connectivity index (χ1) is 7.27. The molecule has 0 atom stereocenters. The van der Waals surface area contributed by atoms with Crippen LogP contribution in [0.4, 0.5) is 0 Å². The molecule has 0 radical (unpaired) electrons.